The molecule has 0 spiro atoms. The van der Waals surface area contributed by atoms with Gasteiger partial charge >= 0.3 is 0 Å². The molecule has 130 valence electrons. The van der Waals surface area contributed by atoms with Crippen LogP contribution in [0, 0.1) is 5.92 Å². The Labute approximate surface area is 145 Å². The molecule has 3 rings (SSSR count). The van der Waals surface area contributed by atoms with Gasteiger partial charge in [-0.1, -0.05) is 36.4 Å². The Morgan fingerprint density at radius 2 is 2.08 bits per heavy atom. The molecule has 0 radical (unpaired) electrons. The summed E-state index contributed by atoms with van der Waals surface area (Å²) < 4.78 is 0. The van der Waals surface area contributed by atoms with Crippen molar-refractivity contribution >= 4 is 11.6 Å². The molecule has 0 saturated heterocycles. The Balaban J connectivity index is 1.74. The SMILES string of the molecule is CN(CN)[C@H](N)C(N)C1CC=C(c2cccc3c2C=CCC3)CC1. The second kappa shape index (κ2) is 7.62. The molecule has 0 aromatic heterocycles. The van der Waals surface area contributed by atoms with Crippen LogP contribution in [0.2, 0.25) is 0 Å². The Kier molecular flexibility index (Phi) is 5.51. The van der Waals surface area contributed by atoms with Crippen molar-refractivity contribution in [3.63, 3.8) is 0 Å². The molecule has 4 heteroatoms. The average Bonchev–Trinajstić information content (AvgIpc) is 2.66. The lowest BCUT2D eigenvalue weighted by Crippen LogP contribution is -2.56. The summed E-state index contributed by atoms with van der Waals surface area (Å²) in [6.07, 6.45) is 12.2. The number of fused-ring (bicyclic) bond motifs is 1. The van der Waals surface area contributed by atoms with Crippen molar-refractivity contribution in [2.45, 2.75) is 44.3 Å². The smallest absolute Gasteiger partial charge is 0.0738 e. The number of aryl methyl sites for hydroxylation is 1. The minimum Gasteiger partial charge on any atom is -0.325 e. The highest BCUT2D eigenvalue weighted by molar-refractivity contribution is 5.77. The van der Waals surface area contributed by atoms with E-state index in [2.05, 4.69) is 36.4 Å². The van der Waals surface area contributed by atoms with Crippen molar-refractivity contribution in [2.24, 2.45) is 23.1 Å². The van der Waals surface area contributed by atoms with Gasteiger partial charge in [0.15, 0.2) is 0 Å². The maximum absolute atomic E-state index is 6.40. The fraction of sp³-hybridized carbons (Fsp3) is 0.500. The number of likely N-dealkylation sites (N-methyl/N-ethyl adjacent to an activating group) is 1. The Morgan fingerprint density at radius 1 is 1.25 bits per heavy atom. The second-order valence-corrected chi connectivity index (χ2v) is 7.09. The van der Waals surface area contributed by atoms with Gasteiger partial charge in [-0.15, -0.1) is 0 Å². The summed E-state index contributed by atoms with van der Waals surface area (Å²) in [7, 11) is 1.93. The lowest BCUT2D eigenvalue weighted by Gasteiger charge is -2.35. The average molecular weight is 326 g/mol. The predicted molar refractivity (Wildman–Crippen MR) is 102 cm³/mol. The number of nitrogens with zero attached hydrogens (tertiary/aromatic N) is 1. The minimum absolute atomic E-state index is 0.0408. The Morgan fingerprint density at radius 3 is 2.79 bits per heavy atom. The fourth-order valence-electron chi connectivity index (χ4n) is 3.89. The molecule has 1 aromatic rings. The van der Waals surface area contributed by atoms with Crippen molar-refractivity contribution in [3.8, 4) is 0 Å². The van der Waals surface area contributed by atoms with Gasteiger partial charge in [0.25, 0.3) is 0 Å². The predicted octanol–water partition coefficient (Wildman–Crippen LogP) is 2.29. The third-order valence-corrected chi connectivity index (χ3v) is 5.59. The molecule has 0 amide bonds. The molecule has 0 saturated carbocycles. The summed E-state index contributed by atoms with van der Waals surface area (Å²) in [5.41, 5.74) is 24.1. The van der Waals surface area contributed by atoms with E-state index in [9.17, 15) is 0 Å². The first-order valence-corrected chi connectivity index (χ1v) is 9.01. The first kappa shape index (κ1) is 17.4. The highest BCUT2D eigenvalue weighted by Gasteiger charge is 2.28. The summed E-state index contributed by atoms with van der Waals surface area (Å²) in [4.78, 5) is 1.92. The van der Waals surface area contributed by atoms with Gasteiger partial charge in [-0.05, 0) is 67.3 Å². The van der Waals surface area contributed by atoms with E-state index in [1.165, 1.54) is 22.3 Å². The van der Waals surface area contributed by atoms with E-state index in [1.807, 2.05) is 11.9 Å². The minimum atomic E-state index is -0.178. The second-order valence-electron chi connectivity index (χ2n) is 7.09. The van der Waals surface area contributed by atoms with Crippen LogP contribution in [-0.4, -0.2) is 30.8 Å². The van der Waals surface area contributed by atoms with Gasteiger partial charge in [-0.3, -0.25) is 4.90 Å². The molecule has 24 heavy (non-hydrogen) atoms. The van der Waals surface area contributed by atoms with E-state index < -0.39 is 0 Å². The maximum Gasteiger partial charge on any atom is 0.0738 e. The molecule has 2 aliphatic carbocycles. The highest BCUT2D eigenvalue weighted by atomic mass is 15.2. The van der Waals surface area contributed by atoms with Gasteiger partial charge in [-0.25, -0.2) is 0 Å². The van der Waals surface area contributed by atoms with Gasteiger partial charge in [0.05, 0.1) is 6.17 Å². The van der Waals surface area contributed by atoms with Crippen LogP contribution in [0.15, 0.2) is 30.4 Å². The zero-order valence-electron chi connectivity index (χ0n) is 14.6. The monoisotopic (exact) mass is 326 g/mol. The summed E-state index contributed by atoms with van der Waals surface area (Å²) in [6, 6.07) is 6.67. The van der Waals surface area contributed by atoms with Crippen molar-refractivity contribution in [2.75, 3.05) is 13.7 Å². The molecular formula is C20H30N4. The zero-order valence-corrected chi connectivity index (χ0v) is 14.6. The van der Waals surface area contributed by atoms with Crippen LogP contribution in [0.5, 0.6) is 0 Å². The van der Waals surface area contributed by atoms with Crippen LogP contribution in [0.3, 0.4) is 0 Å². The first-order chi connectivity index (χ1) is 11.6. The van der Waals surface area contributed by atoms with E-state index in [4.69, 9.17) is 17.2 Å². The molecule has 2 aliphatic rings. The van der Waals surface area contributed by atoms with Gasteiger partial charge < -0.3 is 17.2 Å². The van der Waals surface area contributed by atoms with E-state index in [1.54, 1.807) is 0 Å². The van der Waals surface area contributed by atoms with Crippen molar-refractivity contribution in [1.82, 2.24) is 4.90 Å². The summed E-state index contributed by atoms with van der Waals surface area (Å²) in [5.74, 6) is 0.424. The standard InChI is InChI=1S/C20H30N4/c1-24(13-21)20(23)19(22)16-11-9-15(10-12-16)18-8-4-6-14-5-2-3-7-17(14)18/h3-4,6-9,16,19-20H,2,5,10-13,21-23H2,1H3/t16?,19?,20-/m0/s1. The van der Waals surface area contributed by atoms with E-state index in [0.717, 1.165) is 32.1 Å². The number of benzene rings is 1. The third-order valence-electron chi connectivity index (χ3n) is 5.59. The third kappa shape index (κ3) is 3.47. The molecule has 0 aliphatic heterocycles. The van der Waals surface area contributed by atoms with Crippen molar-refractivity contribution in [1.29, 1.82) is 0 Å². The lowest BCUT2D eigenvalue weighted by atomic mass is 9.79. The van der Waals surface area contributed by atoms with Crippen molar-refractivity contribution in [3.05, 3.63) is 47.0 Å². The van der Waals surface area contributed by atoms with Gasteiger partial charge in [0, 0.05) is 12.7 Å². The molecule has 6 N–H and O–H groups in total. The van der Waals surface area contributed by atoms with Crippen LogP contribution in [-0.2, 0) is 6.42 Å². The number of nitrogens with two attached hydrogens (primary N) is 3. The number of hydrogen-bond acceptors (Lipinski definition) is 4. The van der Waals surface area contributed by atoms with E-state index >= 15 is 0 Å². The summed E-state index contributed by atoms with van der Waals surface area (Å²) >= 11 is 0. The largest absolute Gasteiger partial charge is 0.325 e. The molecule has 0 heterocycles. The highest BCUT2D eigenvalue weighted by Crippen LogP contribution is 2.36. The van der Waals surface area contributed by atoms with Crippen LogP contribution in [0.4, 0.5) is 0 Å². The van der Waals surface area contributed by atoms with Crippen LogP contribution in [0.25, 0.3) is 11.6 Å². The Hall–Kier alpha value is -1.46. The molecule has 4 nitrogen and oxygen atoms in total. The lowest BCUT2D eigenvalue weighted by molar-refractivity contribution is 0.181. The normalized spacial score (nSPS) is 22.9. The van der Waals surface area contributed by atoms with Crippen LogP contribution >= 0.6 is 0 Å². The fourth-order valence-corrected chi connectivity index (χ4v) is 3.89. The number of rotatable bonds is 5. The summed E-state index contributed by atoms with van der Waals surface area (Å²) in [5, 5.41) is 0. The number of hydrogen-bond donors (Lipinski definition) is 3. The topological polar surface area (TPSA) is 81.3 Å². The molecule has 1 aromatic carbocycles. The van der Waals surface area contributed by atoms with Gasteiger partial charge in [-0.2, -0.15) is 0 Å². The van der Waals surface area contributed by atoms with E-state index in [-0.39, 0.29) is 12.2 Å². The quantitative estimate of drug-likeness (QED) is 0.725. The molecule has 3 atom stereocenters. The first-order valence-electron chi connectivity index (χ1n) is 9.01. The molecule has 0 fully saturated rings. The zero-order chi connectivity index (χ0) is 17.1. The molecular weight excluding hydrogens is 296 g/mol. The van der Waals surface area contributed by atoms with Crippen LogP contribution < -0.4 is 17.2 Å². The van der Waals surface area contributed by atoms with Crippen molar-refractivity contribution < 1.29 is 0 Å². The summed E-state index contributed by atoms with van der Waals surface area (Å²) in [6.45, 7) is 0.436. The Bertz CT molecular complexity index is 635. The number of allylic oxidation sites excluding steroid dienone is 3. The van der Waals surface area contributed by atoms with Gasteiger partial charge in [0.1, 0.15) is 0 Å². The molecule has 0 bridgehead atoms. The van der Waals surface area contributed by atoms with E-state index in [0.29, 0.717) is 12.6 Å². The van der Waals surface area contributed by atoms with Crippen LogP contribution in [0.1, 0.15) is 42.4 Å². The molecule has 2 unspecified atom stereocenters. The van der Waals surface area contributed by atoms with Gasteiger partial charge in [0.2, 0.25) is 0 Å². The maximum atomic E-state index is 6.40.